The number of nitrogens with one attached hydrogen (secondary N) is 1. The van der Waals surface area contributed by atoms with Crippen molar-refractivity contribution >= 4 is 17.9 Å². The lowest BCUT2D eigenvalue weighted by Gasteiger charge is -2.33. The first-order valence-corrected chi connectivity index (χ1v) is 12.1. The maximum atomic E-state index is 9.56. The van der Waals surface area contributed by atoms with E-state index in [1.807, 2.05) is 35.0 Å². The Morgan fingerprint density at radius 2 is 1.56 bits per heavy atom. The number of piperazine rings is 1. The molecule has 4 aromatic rings. The highest BCUT2D eigenvalue weighted by Gasteiger charge is 2.23. The van der Waals surface area contributed by atoms with E-state index in [1.54, 1.807) is 12.1 Å². The number of hydrogen-bond acceptors (Lipinski definition) is 4. The van der Waals surface area contributed by atoms with Crippen LogP contribution < -0.4 is 9.80 Å². The number of rotatable bonds is 5. The molecule has 2 N–H and O–H groups in total. The molecule has 0 aliphatic carbocycles. The summed E-state index contributed by atoms with van der Waals surface area (Å²) in [5.74, 6) is 1.17. The van der Waals surface area contributed by atoms with Crippen molar-refractivity contribution in [2.45, 2.75) is 20.5 Å². The van der Waals surface area contributed by atoms with Gasteiger partial charge in [-0.1, -0.05) is 36.4 Å². The number of aryl methyl sites for hydroxylation is 2. The molecule has 7 heteroatoms. The number of phenolic OH excluding ortho intramolecular Hbond substituents is 1. The zero-order valence-corrected chi connectivity index (χ0v) is 20.4. The quantitative estimate of drug-likeness (QED) is 0.435. The molecule has 2 heterocycles. The summed E-state index contributed by atoms with van der Waals surface area (Å²) in [6.45, 7) is 8.90. The molecule has 3 aromatic carbocycles. The van der Waals surface area contributed by atoms with Gasteiger partial charge in [0.25, 0.3) is 0 Å². The highest BCUT2D eigenvalue weighted by atomic mass is 32.1. The molecule has 0 saturated carbocycles. The summed E-state index contributed by atoms with van der Waals surface area (Å²) in [5, 5.41) is 14.6. The van der Waals surface area contributed by atoms with E-state index in [9.17, 15) is 5.11 Å². The van der Waals surface area contributed by atoms with Crippen LogP contribution in [0.25, 0.3) is 17.1 Å². The molecule has 1 aliphatic heterocycles. The highest BCUT2D eigenvalue weighted by molar-refractivity contribution is 7.71. The Kier molecular flexibility index (Phi) is 6.22. The average Bonchev–Trinajstić information content (AvgIpc) is 3.18. The van der Waals surface area contributed by atoms with Gasteiger partial charge in [0.15, 0.2) is 12.5 Å². The second kappa shape index (κ2) is 9.44. The summed E-state index contributed by atoms with van der Waals surface area (Å²) in [5.41, 5.74) is 5.75. The van der Waals surface area contributed by atoms with Crippen LogP contribution >= 0.6 is 12.2 Å². The first-order chi connectivity index (χ1) is 16.5. The van der Waals surface area contributed by atoms with Crippen LogP contribution in [-0.2, 0) is 6.67 Å². The Balaban J connectivity index is 1.41. The zero-order chi connectivity index (χ0) is 23.7. The van der Waals surface area contributed by atoms with E-state index in [-0.39, 0.29) is 0 Å². The molecular weight excluding hydrogens is 442 g/mol. The molecule has 0 atom stereocenters. The lowest BCUT2D eigenvalue weighted by molar-refractivity contribution is -0.924. The van der Waals surface area contributed by atoms with Gasteiger partial charge >= 0.3 is 0 Å². The summed E-state index contributed by atoms with van der Waals surface area (Å²) in [7, 11) is 0. The minimum Gasteiger partial charge on any atom is -0.508 e. The molecule has 1 aliphatic rings. The fraction of sp³-hybridized carbons (Fsp3) is 0.259. The molecule has 1 fully saturated rings. The predicted octanol–water partition coefficient (Wildman–Crippen LogP) is 3.76. The third-order valence-electron chi connectivity index (χ3n) is 6.68. The van der Waals surface area contributed by atoms with Crippen LogP contribution in [0.15, 0.2) is 72.8 Å². The van der Waals surface area contributed by atoms with Gasteiger partial charge in [-0.3, -0.25) is 4.57 Å². The molecule has 5 rings (SSSR count). The van der Waals surface area contributed by atoms with Crippen LogP contribution in [0.3, 0.4) is 0 Å². The third kappa shape index (κ3) is 4.49. The van der Waals surface area contributed by atoms with Crippen molar-refractivity contribution in [2.24, 2.45) is 0 Å². The van der Waals surface area contributed by atoms with Gasteiger partial charge in [-0.25, -0.2) is 0 Å². The molecule has 6 nitrogen and oxygen atoms in total. The van der Waals surface area contributed by atoms with Gasteiger partial charge in [-0.15, -0.1) is 5.10 Å². The summed E-state index contributed by atoms with van der Waals surface area (Å²) in [4.78, 5) is 3.82. The Morgan fingerprint density at radius 1 is 0.882 bits per heavy atom. The van der Waals surface area contributed by atoms with Gasteiger partial charge in [0.05, 0.1) is 31.9 Å². The van der Waals surface area contributed by atoms with Gasteiger partial charge in [0.1, 0.15) is 5.75 Å². The van der Waals surface area contributed by atoms with Crippen molar-refractivity contribution < 1.29 is 10.0 Å². The molecule has 0 bridgehead atoms. The number of nitrogens with zero attached hydrogens (tertiary/aromatic N) is 4. The van der Waals surface area contributed by atoms with E-state index in [0.717, 1.165) is 60.4 Å². The summed E-state index contributed by atoms with van der Waals surface area (Å²) in [6.07, 6.45) is 0. The fourth-order valence-corrected chi connectivity index (χ4v) is 4.79. The molecule has 34 heavy (non-hydrogen) atoms. The normalized spacial score (nSPS) is 14.5. The zero-order valence-electron chi connectivity index (χ0n) is 19.6. The van der Waals surface area contributed by atoms with E-state index >= 15 is 0 Å². The van der Waals surface area contributed by atoms with E-state index < -0.39 is 0 Å². The maximum absolute atomic E-state index is 9.56. The first-order valence-electron chi connectivity index (χ1n) is 11.7. The Labute approximate surface area is 205 Å². The van der Waals surface area contributed by atoms with Crippen molar-refractivity contribution in [1.29, 1.82) is 0 Å². The maximum Gasteiger partial charge on any atom is 0.207 e. The van der Waals surface area contributed by atoms with E-state index in [4.69, 9.17) is 17.3 Å². The predicted molar refractivity (Wildman–Crippen MR) is 138 cm³/mol. The van der Waals surface area contributed by atoms with Gasteiger partial charge in [-0.05, 0) is 73.6 Å². The molecular formula is C27H30N5OS+. The largest absolute Gasteiger partial charge is 0.508 e. The molecule has 0 unspecified atom stereocenters. The lowest BCUT2D eigenvalue weighted by atomic mass is 10.1. The molecule has 0 spiro atoms. The van der Waals surface area contributed by atoms with E-state index in [1.165, 1.54) is 16.0 Å². The number of benzene rings is 3. The monoisotopic (exact) mass is 472 g/mol. The molecule has 174 valence electrons. The van der Waals surface area contributed by atoms with E-state index in [2.05, 4.69) is 53.6 Å². The SMILES string of the molecule is Cc1ccc(-n2c(-c3ccccc3)nn(C[NH+]3CCN(c4ccc(O)cc4)CC3)c2=S)cc1C. The van der Waals surface area contributed by atoms with Crippen LogP contribution in [0, 0.1) is 18.6 Å². The highest BCUT2D eigenvalue weighted by Crippen LogP contribution is 2.24. The molecule has 0 radical (unpaired) electrons. The van der Waals surface area contributed by atoms with Crippen LogP contribution in [-0.4, -0.2) is 45.6 Å². The smallest absolute Gasteiger partial charge is 0.207 e. The molecule has 0 amide bonds. The molecule has 1 aromatic heterocycles. The van der Waals surface area contributed by atoms with Crippen molar-refractivity contribution in [3.63, 3.8) is 0 Å². The van der Waals surface area contributed by atoms with Crippen molar-refractivity contribution in [3.05, 3.63) is 88.7 Å². The Hall–Kier alpha value is -3.42. The van der Waals surface area contributed by atoms with Gasteiger partial charge < -0.3 is 14.9 Å². The number of phenols is 1. The number of anilines is 1. The van der Waals surface area contributed by atoms with Gasteiger partial charge in [-0.2, -0.15) is 4.68 Å². The van der Waals surface area contributed by atoms with E-state index in [0.29, 0.717) is 5.75 Å². The van der Waals surface area contributed by atoms with Crippen LogP contribution in [0.4, 0.5) is 5.69 Å². The Bertz CT molecular complexity index is 1340. The average molecular weight is 473 g/mol. The first kappa shape index (κ1) is 22.4. The standard InChI is InChI=1S/C27H29N5OS/c1-20-8-9-24(18-21(20)2)32-26(22-6-4-3-5-7-22)28-31(27(32)34)19-29-14-16-30(17-15-29)23-10-12-25(33)13-11-23/h3-13,18,33H,14-17,19H2,1-2H3/p+1. The number of aromatic hydroxyl groups is 1. The van der Waals surface area contributed by atoms with Gasteiger partial charge in [0.2, 0.25) is 4.77 Å². The minimum absolute atomic E-state index is 0.302. The number of hydrogen-bond donors (Lipinski definition) is 2. The van der Waals surface area contributed by atoms with Crippen molar-refractivity contribution in [3.8, 4) is 22.8 Å². The number of quaternary nitrogens is 1. The third-order valence-corrected chi connectivity index (χ3v) is 7.07. The second-order valence-electron chi connectivity index (χ2n) is 8.99. The number of aromatic nitrogens is 3. The fourth-order valence-electron chi connectivity index (χ4n) is 4.50. The van der Waals surface area contributed by atoms with Crippen LogP contribution in [0.1, 0.15) is 11.1 Å². The minimum atomic E-state index is 0.302. The summed E-state index contributed by atoms with van der Waals surface area (Å²) in [6, 6.07) is 24.2. The summed E-state index contributed by atoms with van der Waals surface area (Å²) < 4.78 is 4.80. The molecule has 1 saturated heterocycles. The van der Waals surface area contributed by atoms with Crippen LogP contribution in [0.5, 0.6) is 5.75 Å². The Morgan fingerprint density at radius 3 is 2.24 bits per heavy atom. The lowest BCUT2D eigenvalue weighted by Crippen LogP contribution is -3.14. The second-order valence-corrected chi connectivity index (χ2v) is 9.35. The van der Waals surface area contributed by atoms with Crippen LogP contribution in [0.2, 0.25) is 0 Å². The van der Waals surface area contributed by atoms with Crippen molar-refractivity contribution in [1.82, 2.24) is 14.3 Å². The van der Waals surface area contributed by atoms with Gasteiger partial charge in [0, 0.05) is 11.3 Å². The summed E-state index contributed by atoms with van der Waals surface area (Å²) >= 11 is 5.97. The van der Waals surface area contributed by atoms with Crippen molar-refractivity contribution in [2.75, 3.05) is 31.1 Å². The topological polar surface area (TPSA) is 50.7 Å².